The highest BCUT2D eigenvalue weighted by Gasteiger charge is 2.28. The van der Waals surface area contributed by atoms with Crippen LogP contribution in [0.5, 0.6) is 0 Å². The van der Waals surface area contributed by atoms with Crippen molar-refractivity contribution in [2.75, 3.05) is 11.9 Å². The van der Waals surface area contributed by atoms with Crippen molar-refractivity contribution in [2.24, 2.45) is 5.41 Å². The number of pyridine rings is 1. The van der Waals surface area contributed by atoms with Gasteiger partial charge in [0.15, 0.2) is 0 Å². The number of rotatable bonds is 5. The lowest BCUT2D eigenvalue weighted by Crippen LogP contribution is -2.32. The summed E-state index contributed by atoms with van der Waals surface area (Å²) in [5.41, 5.74) is -0.572. The number of nitro groups is 1. The number of nitrogens with one attached hydrogen (secondary N) is 1. The highest BCUT2D eigenvalue weighted by Crippen LogP contribution is 2.24. The first-order valence-corrected chi connectivity index (χ1v) is 5.33. The molecule has 0 aliphatic carbocycles. The first kappa shape index (κ1) is 13.9. The smallest absolute Gasteiger partial charge is 0.311 e. The second-order valence-corrected chi connectivity index (χ2v) is 4.62. The summed E-state index contributed by atoms with van der Waals surface area (Å²) in [6, 6.07) is 2.88. The number of hydrogen-bond donors (Lipinski definition) is 2. The van der Waals surface area contributed by atoms with Gasteiger partial charge in [-0.15, -0.1) is 0 Å². The first-order valence-electron chi connectivity index (χ1n) is 5.33. The van der Waals surface area contributed by atoms with Crippen LogP contribution < -0.4 is 5.32 Å². The minimum atomic E-state index is -1.03. The summed E-state index contributed by atoms with van der Waals surface area (Å²) in [6.07, 6.45) is 0. The van der Waals surface area contributed by atoms with Crippen LogP contribution in [0.2, 0.25) is 0 Å². The molecule has 0 aromatic carbocycles. The number of hydrogen-bond acceptors (Lipinski definition) is 5. The first-order chi connectivity index (χ1) is 8.24. The minimum absolute atomic E-state index is 0.0552. The van der Waals surface area contributed by atoms with Gasteiger partial charge in [0.25, 0.3) is 0 Å². The van der Waals surface area contributed by atoms with Crippen LogP contribution in [0.4, 0.5) is 11.5 Å². The molecule has 98 valence electrons. The van der Waals surface area contributed by atoms with Crippen molar-refractivity contribution < 1.29 is 14.8 Å². The Kier molecular flexibility index (Phi) is 3.85. The zero-order valence-electron chi connectivity index (χ0n) is 10.4. The number of aliphatic carboxylic acids is 1. The van der Waals surface area contributed by atoms with E-state index in [4.69, 9.17) is 5.11 Å². The lowest BCUT2D eigenvalue weighted by atomic mass is 9.94. The lowest BCUT2D eigenvalue weighted by Gasteiger charge is -2.19. The number of carbonyl (C=O) groups is 1. The van der Waals surface area contributed by atoms with Crippen molar-refractivity contribution in [1.82, 2.24) is 4.98 Å². The largest absolute Gasteiger partial charge is 0.481 e. The molecule has 0 bridgehead atoms. The average molecular weight is 253 g/mol. The average Bonchev–Trinajstić information content (AvgIpc) is 2.26. The van der Waals surface area contributed by atoms with E-state index in [-0.39, 0.29) is 18.1 Å². The Bertz CT molecular complexity index is 485. The second kappa shape index (κ2) is 4.99. The van der Waals surface area contributed by atoms with E-state index in [1.807, 2.05) is 0 Å². The standard InChI is InChI=1S/C11H15N3O4/c1-7-4-5-8(14(17)18)9(13-7)12-6-11(2,3)10(15)16/h4-5H,6H2,1-3H3,(H,12,13)(H,15,16). The van der Waals surface area contributed by atoms with Gasteiger partial charge in [0.1, 0.15) is 0 Å². The summed E-state index contributed by atoms with van der Waals surface area (Å²) < 4.78 is 0. The molecule has 1 heterocycles. The second-order valence-electron chi connectivity index (χ2n) is 4.62. The van der Waals surface area contributed by atoms with Gasteiger partial charge < -0.3 is 10.4 Å². The molecule has 1 aromatic heterocycles. The molecule has 0 aliphatic heterocycles. The van der Waals surface area contributed by atoms with E-state index in [0.29, 0.717) is 5.69 Å². The number of nitrogens with zero attached hydrogens (tertiary/aromatic N) is 2. The molecule has 0 amide bonds. The lowest BCUT2D eigenvalue weighted by molar-refractivity contribution is -0.384. The van der Waals surface area contributed by atoms with E-state index >= 15 is 0 Å². The van der Waals surface area contributed by atoms with Crippen LogP contribution in [0.3, 0.4) is 0 Å². The Morgan fingerprint density at radius 2 is 2.17 bits per heavy atom. The summed E-state index contributed by atoms with van der Waals surface area (Å²) in [6.45, 7) is 4.82. The van der Waals surface area contributed by atoms with Crippen LogP contribution in [0.15, 0.2) is 12.1 Å². The topological polar surface area (TPSA) is 105 Å². The van der Waals surface area contributed by atoms with Crippen LogP contribution >= 0.6 is 0 Å². The monoisotopic (exact) mass is 253 g/mol. The Morgan fingerprint density at radius 1 is 1.56 bits per heavy atom. The van der Waals surface area contributed by atoms with E-state index in [2.05, 4.69) is 10.3 Å². The van der Waals surface area contributed by atoms with Crippen LogP contribution in [-0.2, 0) is 4.79 Å². The van der Waals surface area contributed by atoms with Gasteiger partial charge in [-0.05, 0) is 26.8 Å². The van der Waals surface area contributed by atoms with Crippen molar-refractivity contribution >= 4 is 17.5 Å². The molecule has 2 N–H and O–H groups in total. The number of anilines is 1. The SMILES string of the molecule is Cc1ccc([N+](=O)[O-])c(NCC(C)(C)C(=O)O)n1. The normalized spacial score (nSPS) is 11.1. The Balaban J connectivity index is 2.94. The minimum Gasteiger partial charge on any atom is -0.481 e. The summed E-state index contributed by atoms with van der Waals surface area (Å²) in [5.74, 6) is -0.889. The van der Waals surface area contributed by atoms with Gasteiger partial charge in [-0.1, -0.05) is 0 Å². The molecule has 18 heavy (non-hydrogen) atoms. The fourth-order valence-corrected chi connectivity index (χ4v) is 1.21. The zero-order valence-corrected chi connectivity index (χ0v) is 10.4. The third kappa shape index (κ3) is 3.16. The maximum atomic E-state index is 10.9. The van der Waals surface area contributed by atoms with Crippen LogP contribution in [0, 0.1) is 22.5 Å². The van der Waals surface area contributed by atoms with Gasteiger partial charge in [-0.2, -0.15) is 0 Å². The van der Waals surface area contributed by atoms with E-state index in [9.17, 15) is 14.9 Å². The molecule has 0 spiro atoms. The third-order valence-corrected chi connectivity index (χ3v) is 2.49. The van der Waals surface area contributed by atoms with E-state index in [1.54, 1.807) is 6.92 Å². The van der Waals surface area contributed by atoms with Crippen molar-refractivity contribution in [3.63, 3.8) is 0 Å². The number of carboxylic acid groups (broad SMARTS) is 1. The molecule has 0 saturated carbocycles. The molecule has 0 unspecified atom stereocenters. The summed E-state index contributed by atoms with van der Waals surface area (Å²) in [5, 5.41) is 22.5. The van der Waals surface area contributed by atoms with Crippen LogP contribution in [0.1, 0.15) is 19.5 Å². The predicted molar refractivity (Wildman–Crippen MR) is 65.5 cm³/mol. The Morgan fingerprint density at radius 3 is 2.67 bits per heavy atom. The van der Waals surface area contributed by atoms with Gasteiger partial charge in [-0.3, -0.25) is 14.9 Å². The molecule has 0 atom stereocenters. The Hall–Kier alpha value is -2.18. The summed E-state index contributed by atoms with van der Waals surface area (Å²) >= 11 is 0. The van der Waals surface area contributed by atoms with E-state index in [1.165, 1.54) is 26.0 Å². The number of carboxylic acids is 1. The number of aromatic nitrogens is 1. The molecule has 0 fully saturated rings. The van der Waals surface area contributed by atoms with Gasteiger partial charge in [0.2, 0.25) is 5.82 Å². The fraction of sp³-hybridized carbons (Fsp3) is 0.455. The zero-order chi connectivity index (χ0) is 13.9. The van der Waals surface area contributed by atoms with Crippen LogP contribution in [-0.4, -0.2) is 27.5 Å². The van der Waals surface area contributed by atoms with Crippen LogP contribution in [0.25, 0.3) is 0 Å². The summed E-state index contributed by atoms with van der Waals surface area (Å²) in [7, 11) is 0. The molecule has 7 heteroatoms. The quantitative estimate of drug-likeness (QED) is 0.612. The van der Waals surface area contributed by atoms with Crippen molar-refractivity contribution in [2.45, 2.75) is 20.8 Å². The van der Waals surface area contributed by atoms with Gasteiger partial charge in [-0.25, -0.2) is 4.98 Å². The van der Waals surface area contributed by atoms with Crippen molar-refractivity contribution in [3.8, 4) is 0 Å². The maximum absolute atomic E-state index is 10.9. The third-order valence-electron chi connectivity index (χ3n) is 2.49. The molecule has 0 radical (unpaired) electrons. The maximum Gasteiger partial charge on any atom is 0.311 e. The fourth-order valence-electron chi connectivity index (χ4n) is 1.21. The molecule has 1 aromatic rings. The van der Waals surface area contributed by atoms with Crippen molar-refractivity contribution in [3.05, 3.63) is 27.9 Å². The van der Waals surface area contributed by atoms with E-state index in [0.717, 1.165) is 0 Å². The summed E-state index contributed by atoms with van der Waals surface area (Å²) in [4.78, 5) is 25.2. The molecule has 0 aliphatic rings. The molecule has 0 saturated heterocycles. The highest BCUT2D eigenvalue weighted by atomic mass is 16.6. The Labute approximate surface area is 104 Å². The van der Waals surface area contributed by atoms with Crippen molar-refractivity contribution in [1.29, 1.82) is 0 Å². The van der Waals surface area contributed by atoms with Gasteiger partial charge in [0.05, 0.1) is 10.3 Å². The predicted octanol–water partition coefficient (Wildman–Crippen LogP) is 1.82. The molecular formula is C11H15N3O4. The number of aryl methyl sites for hydroxylation is 1. The van der Waals surface area contributed by atoms with Gasteiger partial charge >= 0.3 is 11.7 Å². The van der Waals surface area contributed by atoms with E-state index < -0.39 is 16.3 Å². The molecule has 1 rings (SSSR count). The van der Waals surface area contributed by atoms with Gasteiger partial charge in [0, 0.05) is 18.3 Å². The molecule has 7 nitrogen and oxygen atoms in total. The highest BCUT2D eigenvalue weighted by molar-refractivity contribution is 5.74. The molecular weight excluding hydrogens is 238 g/mol.